The molecule has 0 aliphatic heterocycles. The summed E-state index contributed by atoms with van der Waals surface area (Å²) in [6, 6.07) is 0. The molecular formula is C7H8F2N2O2. The van der Waals surface area contributed by atoms with E-state index in [2.05, 4.69) is 5.10 Å². The molecule has 1 rings (SSSR count). The molecule has 6 heteroatoms. The summed E-state index contributed by atoms with van der Waals surface area (Å²) in [6.45, 7) is 0. The Kier molecular flexibility index (Phi) is 2.60. The molecule has 0 atom stereocenters. The molecule has 1 aromatic rings. The average Bonchev–Trinajstić information content (AvgIpc) is 2.29. The number of hydrogen-bond acceptors (Lipinski definition) is 2. The molecule has 4 nitrogen and oxygen atoms in total. The monoisotopic (exact) mass is 190 g/mol. The average molecular weight is 190 g/mol. The van der Waals surface area contributed by atoms with Gasteiger partial charge in [-0.3, -0.25) is 4.68 Å². The lowest BCUT2D eigenvalue weighted by atomic mass is 10.2. The fourth-order valence-electron chi connectivity index (χ4n) is 1.01. The summed E-state index contributed by atoms with van der Waals surface area (Å²) < 4.78 is 25.1. The van der Waals surface area contributed by atoms with Crippen molar-refractivity contribution >= 4 is 5.97 Å². The number of carboxylic acids is 1. The smallest absolute Gasteiger partial charge is 0.339 e. The number of hydrogen-bond donors (Lipinski definition) is 1. The molecule has 0 saturated carbocycles. The van der Waals surface area contributed by atoms with Crippen molar-refractivity contribution < 1.29 is 18.7 Å². The molecule has 0 bridgehead atoms. The molecule has 0 unspecified atom stereocenters. The SMILES string of the molecule is Cn1cc(C(=O)O)c(CC(F)F)n1. The number of rotatable bonds is 3. The summed E-state index contributed by atoms with van der Waals surface area (Å²) in [5.41, 5.74) is -0.243. The highest BCUT2D eigenvalue weighted by Gasteiger charge is 2.17. The van der Waals surface area contributed by atoms with Crippen LogP contribution in [0.2, 0.25) is 0 Å². The van der Waals surface area contributed by atoms with E-state index >= 15 is 0 Å². The van der Waals surface area contributed by atoms with Crippen molar-refractivity contribution in [2.45, 2.75) is 12.8 Å². The molecule has 0 fully saturated rings. The van der Waals surface area contributed by atoms with Crippen molar-refractivity contribution in [2.24, 2.45) is 7.05 Å². The second-order valence-corrected chi connectivity index (χ2v) is 2.56. The topological polar surface area (TPSA) is 55.1 Å². The van der Waals surface area contributed by atoms with Crippen LogP contribution in [0, 0.1) is 0 Å². The maximum Gasteiger partial charge on any atom is 0.339 e. The lowest BCUT2D eigenvalue weighted by Crippen LogP contribution is -2.04. The van der Waals surface area contributed by atoms with Crippen LogP contribution in [0.1, 0.15) is 16.1 Å². The molecule has 0 spiro atoms. The molecule has 0 radical (unpaired) electrons. The number of halogens is 2. The Labute approximate surface area is 72.8 Å². The summed E-state index contributed by atoms with van der Waals surface area (Å²) in [6.07, 6.45) is -1.99. The molecule has 0 aliphatic rings. The van der Waals surface area contributed by atoms with Crippen LogP contribution in [0.5, 0.6) is 0 Å². The van der Waals surface area contributed by atoms with Crippen molar-refractivity contribution in [1.82, 2.24) is 9.78 Å². The van der Waals surface area contributed by atoms with Crippen LogP contribution in [0.25, 0.3) is 0 Å². The normalized spacial score (nSPS) is 10.8. The molecular weight excluding hydrogens is 182 g/mol. The van der Waals surface area contributed by atoms with Gasteiger partial charge in [0, 0.05) is 13.2 Å². The van der Waals surface area contributed by atoms with Gasteiger partial charge >= 0.3 is 5.97 Å². The first-order chi connectivity index (χ1) is 6.00. The Hall–Kier alpha value is -1.46. The van der Waals surface area contributed by atoms with Gasteiger partial charge in [0.2, 0.25) is 6.43 Å². The predicted molar refractivity (Wildman–Crippen MR) is 39.9 cm³/mol. The van der Waals surface area contributed by atoms with E-state index in [1.165, 1.54) is 17.9 Å². The standard InChI is InChI=1S/C7H8F2N2O2/c1-11-3-4(7(12)13)5(10-11)2-6(8)9/h3,6H,2H2,1H3,(H,12,13). The van der Waals surface area contributed by atoms with E-state index in [1.54, 1.807) is 0 Å². The number of aromatic carboxylic acids is 1. The molecule has 0 amide bonds. The second kappa shape index (κ2) is 3.51. The van der Waals surface area contributed by atoms with Gasteiger partial charge in [-0.2, -0.15) is 5.10 Å². The quantitative estimate of drug-likeness (QED) is 0.771. The van der Waals surface area contributed by atoms with E-state index in [4.69, 9.17) is 5.11 Å². The van der Waals surface area contributed by atoms with Crippen LogP contribution in [-0.2, 0) is 13.5 Å². The third-order valence-electron chi connectivity index (χ3n) is 1.48. The van der Waals surface area contributed by atoms with Crippen molar-refractivity contribution in [3.05, 3.63) is 17.5 Å². The van der Waals surface area contributed by atoms with E-state index in [0.29, 0.717) is 0 Å². The van der Waals surface area contributed by atoms with E-state index in [1.807, 2.05) is 0 Å². The highest BCUT2D eigenvalue weighted by molar-refractivity contribution is 5.88. The Morgan fingerprint density at radius 3 is 2.85 bits per heavy atom. The third kappa shape index (κ3) is 2.24. The fourth-order valence-corrected chi connectivity index (χ4v) is 1.01. The summed E-state index contributed by atoms with van der Waals surface area (Å²) in [5.74, 6) is -1.23. The molecule has 0 aromatic carbocycles. The number of alkyl halides is 2. The Bertz CT molecular complexity index is 322. The first-order valence-electron chi connectivity index (χ1n) is 3.54. The Balaban J connectivity index is 2.97. The minimum atomic E-state index is -2.58. The first-order valence-corrected chi connectivity index (χ1v) is 3.54. The van der Waals surface area contributed by atoms with E-state index in [0.717, 1.165) is 0 Å². The minimum absolute atomic E-state index is 0.0787. The number of aryl methyl sites for hydroxylation is 1. The van der Waals surface area contributed by atoms with Crippen LogP contribution in [0.4, 0.5) is 8.78 Å². The minimum Gasteiger partial charge on any atom is -0.478 e. The number of nitrogens with zero attached hydrogens (tertiary/aromatic N) is 2. The highest BCUT2D eigenvalue weighted by atomic mass is 19.3. The summed E-state index contributed by atoms with van der Waals surface area (Å²) in [7, 11) is 1.49. The maximum absolute atomic E-state index is 11.9. The van der Waals surface area contributed by atoms with Crippen LogP contribution < -0.4 is 0 Å². The summed E-state index contributed by atoms with van der Waals surface area (Å²) >= 11 is 0. The van der Waals surface area contributed by atoms with Crippen molar-refractivity contribution in [1.29, 1.82) is 0 Å². The lowest BCUT2D eigenvalue weighted by Gasteiger charge is -1.95. The van der Waals surface area contributed by atoms with E-state index < -0.39 is 18.8 Å². The van der Waals surface area contributed by atoms with Gasteiger partial charge < -0.3 is 5.11 Å². The maximum atomic E-state index is 11.9. The van der Waals surface area contributed by atoms with Gasteiger partial charge in [-0.05, 0) is 0 Å². The van der Waals surface area contributed by atoms with Crippen molar-refractivity contribution in [3.8, 4) is 0 Å². The van der Waals surface area contributed by atoms with Crippen molar-refractivity contribution in [2.75, 3.05) is 0 Å². The van der Waals surface area contributed by atoms with E-state index in [-0.39, 0.29) is 11.3 Å². The largest absolute Gasteiger partial charge is 0.478 e. The van der Waals surface area contributed by atoms with Crippen molar-refractivity contribution in [3.63, 3.8) is 0 Å². The predicted octanol–water partition coefficient (Wildman–Crippen LogP) is 0.926. The molecule has 0 aliphatic carbocycles. The highest BCUT2D eigenvalue weighted by Crippen LogP contribution is 2.11. The summed E-state index contributed by atoms with van der Waals surface area (Å²) in [4.78, 5) is 10.5. The fraction of sp³-hybridized carbons (Fsp3) is 0.429. The lowest BCUT2D eigenvalue weighted by molar-refractivity contribution is 0.0694. The number of carbonyl (C=O) groups is 1. The third-order valence-corrected chi connectivity index (χ3v) is 1.48. The van der Waals surface area contributed by atoms with Gasteiger partial charge in [-0.15, -0.1) is 0 Å². The molecule has 13 heavy (non-hydrogen) atoms. The van der Waals surface area contributed by atoms with Gasteiger partial charge in [0.05, 0.1) is 12.1 Å². The summed E-state index contributed by atoms with van der Waals surface area (Å²) in [5, 5.41) is 12.2. The van der Waals surface area contributed by atoms with Gasteiger partial charge in [0.15, 0.2) is 0 Å². The van der Waals surface area contributed by atoms with Crippen LogP contribution in [0.3, 0.4) is 0 Å². The van der Waals surface area contributed by atoms with E-state index in [9.17, 15) is 13.6 Å². The number of carboxylic acid groups (broad SMARTS) is 1. The number of aromatic nitrogens is 2. The molecule has 1 aromatic heterocycles. The zero-order valence-electron chi connectivity index (χ0n) is 6.87. The first kappa shape index (κ1) is 9.63. The molecule has 1 N–H and O–H groups in total. The Morgan fingerprint density at radius 2 is 2.38 bits per heavy atom. The molecule has 72 valence electrons. The van der Waals surface area contributed by atoms with Gasteiger partial charge in [-0.1, -0.05) is 0 Å². The van der Waals surface area contributed by atoms with Crippen LogP contribution in [0.15, 0.2) is 6.20 Å². The zero-order valence-corrected chi connectivity index (χ0v) is 6.87. The van der Waals surface area contributed by atoms with Gasteiger partial charge in [0.25, 0.3) is 0 Å². The van der Waals surface area contributed by atoms with Gasteiger partial charge in [-0.25, -0.2) is 13.6 Å². The van der Waals surface area contributed by atoms with Crippen LogP contribution >= 0.6 is 0 Å². The molecule has 0 saturated heterocycles. The molecule has 1 heterocycles. The zero-order chi connectivity index (χ0) is 10.0. The van der Waals surface area contributed by atoms with Gasteiger partial charge in [0.1, 0.15) is 5.56 Å². The Morgan fingerprint density at radius 1 is 1.77 bits per heavy atom. The second-order valence-electron chi connectivity index (χ2n) is 2.56. The van der Waals surface area contributed by atoms with Crippen LogP contribution in [-0.4, -0.2) is 27.3 Å².